The van der Waals surface area contributed by atoms with Gasteiger partial charge >= 0.3 is 0 Å². The van der Waals surface area contributed by atoms with Gasteiger partial charge in [0.05, 0.1) is 6.33 Å². The standard InChI is InChI=1S/C14H20N2S/c1-9(2)12-13(15-8-16-14(12)17)11-6-4-10(3)5-7-11/h6,8-10H,4-5,7H2,1-3H3,(H,15,16,17). The summed E-state index contributed by atoms with van der Waals surface area (Å²) in [7, 11) is 0. The van der Waals surface area contributed by atoms with Crippen LogP contribution in [0.2, 0.25) is 0 Å². The topological polar surface area (TPSA) is 28.7 Å². The molecule has 0 amide bonds. The van der Waals surface area contributed by atoms with E-state index in [1.807, 2.05) is 0 Å². The molecule has 0 aliphatic heterocycles. The first-order chi connectivity index (χ1) is 8.09. The predicted molar refractivity (Wildman–Crippen MR) is 74.5 cm³/mol. The molecule has 1 atom stereocenters. The summed E-state index contributed by atoms with van der Waals surface area (Å²) in [5.41, 5.74) is 3.83. The molecule has 1 heterocycles. The van der Waals surface area contributed by atoms with Crippen LogP contribution < -0.4 is 0 Å². The van der Waals surface area contributed by atoms with Crippen molar-refractivity contribution in [3.63, 3.8) is 0 Å². The van der Waals surface area contributed by atoms with Crippen molar-refractivity contribution in [2.75, 3.05) is 0 Å². The molecule has 2 nitrogen and oxygen atoms in total. The third-order valence-corrected chi connectivity index (χ3v) is 3.79. The first-order valence-corrected chi connectivity index (χ1v) is 6.77. The van der Waals surface area contributed by atoms with Gasteiger partial charge in [-0.2, -0.15) is 0 Å². The van der Waals surface area contributed by atoms with Crippen LogP contribution in [-0.2, 0) is 0 Å². The number of allylic oxidation sites excluding steroid dienone is 2. The zero-order valence-electron chi connectivity index (χ0n) is 10.8. The second-order valence-electron chi connectivity index (χ2n) is 5.26. The second-order valence-corrected chi connectivity index (χ2v) is 5.65. The molecule has 1 aliphatic rings. The summed E-state index contributed by atoms with van der Waals surface area (Å²) in [6.07, 6.45) is 7.68. The van der Waals surface area contributed by atoms with Gasteiger partial charge in [-0.15, -0.1) is 0 Å². The van der Waals surface area contributed by atoms with Gasteiger partial charge in [-0.05, 0) is 36.7 Å². The number of aromatic nitrogens is 2. The molecular formula is C14H20N2S. The van der Waals surface area contributed by atoms with Crippen molar-refractivity contribution in [2.24, 2.45) is 5.92 Å². The summed E-state index contributed by atoms with van der Waals surface area (Å²) in [5.74, 6) is 1.23. The lowest BCUT2D eigenvalue weighted by Gasteiger charge is -2.21. The Balaban J connectivity index is 2.46. The van der Waals surface area contributed by atoms with E-state index in [2.05, 4.69) is 36.8 Å². The van der Waals surface area contributed by atoms with E-state index < -0.39 is 0 Å². The summed E-state index contributed by atoms with van der Waals surface area (Å²) < 4.78 is 0.744. The van der Waals surface area contributed by atoms with E-state index in [1.165, 1.54) is 29.7 Å². The molecule has 17 heavy (non-hydrogen) atoms. The average Bonchev–Trinajstić information content (AvgIpc) is 2.29. The summed E-state index contributed by atoms with van der Waals surface area (Å²) in [5, 5.41) is 0. The zero-order chi connectivity index (χ0) is 12.4. The van der Waals surface area contributed by atoms with Gasteiger partial charge in [0.1, 0.15) is 4.64 Å². The van der Waals surface area contributed by atoms with E-state index in [9.17, 15) is 0 Å². The van der Waals surface area contributed by atoms with E-state index in [0.717, 1.165) is 17.0 Å². The fourth-order valence-electron chi connectivity index (χ4n) is 2.40. The number of nitrogens with one attached hydrogen (secondary N) is 1. The average molecular weight is 248 g/mol. The van der Waals surface area contributed by atoms with Crippen molar-refractivity contribution in [3.05, 3.63) is 28.3 Å². The maximum absolute atomic E-state index is 5.35. The van der Waals surface area contributed by atoms with Crippen molar-refractivity contribution in [1.29, 1.82) is 0 Å². The molecule has 0 saturated carbocycles. The van der Waals surface area contributed by atoms with Gasteiger partial charge in [-0.1, -0.05) is 39.1 Å². The Bertz CT molecular complexity index is 485. The fourth-order valence-corrected chi connectivity index (χ4v) is 2.79. The first-order valence-electron chi connectivity index (χ1n) is 6.36. The molecule has 1 aromatic rings. The molecule has 0 fully saturated rings. The summed E-state index contributed by atoms with van der Waals surface area (Å²) in [6.45, 7) is 6.66. The zero-order valence-corrected chi connectivity index (χ0v) is 11.6. The number of H-pyrrole nitrogens is 1. The molecule has 1 aromatic heterocycles. The van der Waals surface area contributed by atoms with Gasteiger partial charge in [0.2, 0.25) is 0 Å². The van der Waals surface area contributed by atoms with Crippen molar-refractivity contribution < 1.29 is 0 Å². The quantitative estimate of drug-likeness (QED) is 0.782. The molecule has 0 spiro atoms. The normalized spacial score (nSPS) is 20.5. The Labute approximate surface area is 108 Å². The van der Waals surface area contributed by atoms with Crippen LogP contribution in [0.5, 0.6) is 0 Å². The summed E-state index contributed by atoms with van der Waals surface area (Å²) in [4.78, 5) is 7.50. The lowest BCUT2D eigenvalue weighted by atomic mass is 9.87. The minimum Gasteiger partial charge on any atom is -0.346 e. The number of hydrogen-bond donors (Lipinski definition) is 1. The van der Waals surface area contributed by atoms with Crippen LogP contribution in [0.4, 0.5) is 0 Å². The summed E-state index contributed by atoms with van der Waals surface area (Å²) in [6, 6.07) is 0. The van der Waals surface area contributed by atoms with E-state index in [4.69, 9.17) is 12.2 Å². The van der Waals surface area contributed by atoms with Crippen LogP contribution >= 0.6 is 12.2 Å². The third kappa shape index (κ3) is 2.65. The van der Waals surface area contributed by atoms with E-state index in [-0.39, 0.29) is 0 Å². The van der Waals surface area contributed by atoms with Gasteiger partial charge in [0, 0.05) is 11.3 Å². The molecule has 0 saturated heterocycles. The Morgan fingerprint density at radius 3 is 2.82 bits per heavy atom. The molecule has 0 radical (unpaired) electrons. The fraction of sp³-hybridized carbons (Fsp3) is 0.571. The maximum Gasteiger partial charge on any atom is 0.133 e. The molecule has 0 bridgehead atoms. The first kappa shape index (κ1) is 12.5. The smallest absolute Gasteiger partial charge is 0.133 e. The van der Waals surface area contributed by atoms with Crippen molar-refractivity contribution >= 4 is 17.8 Å². The van der Waals surface area contributed by atoms with E-state index in [1.54, 1.807) is 6.33 Å². The lowest BCUT2D eigenvalue weighted by molar-refractivity contribution is 0.532. The lowest BCUT2D eigenvalue weighted by Crippen LogP contribution is -2.06. The Morgan fingerprint density at radius 2 is 2.24 bits per heavy atom. The van der Waals surface area contributed by atoms with Gasteiger partial charge in [-0.3, -0.25) is 0 Å². The Morgan fingerprint density at radius 1 is 1.47 bits per heavy atom. The SMILES string of the molecule is CC1CC=C(c2[nH]cnc(=S)c2C(C)C)CC1. The van der Waals surface area contributed by atoms with Crippen LogP contribution in [0, 0.1) is 10.6 Å². The van der Waals surface area contributed by atoms with E-state index in [0.29, 0.717) is 5.92 Å². The van der Waals surface area contributed by atoms with Crippen molar-refractivity contribution in [3.8, 4) is 0 Å². The largest absolute Gasteiger partial charge is 0.346 e. The minimum absolute atomic E-state index is 0.419. The minimum atomic E-state index is 0.419. The molecule has 0 aromatic carbocycles. The van der Waals surface area contributed by atoms with Crippen LogP contribution in [0.25, 0.3) is 5.57 Å². The van der Waals surface area contributed by atoms with Gasteiger partial charge in [0.15, 0.2) is 0 Å². The highest BCUT2D eigenvalue weighted by Gasteiger charge is 2.17. The molecule has 1 unspecified atom stereocenters. The molecule has 1 N–H and O–H groups in total. The highest BCUT2D eigenvalue weighted by molar-refractivity contribution is 7.71. The second kappa shape index (κ2) is 5.13. The monoisotopic (exact) mass is 248 g/mol. The Kier molecular flexibility index (Phi) is 3.77. The summed E-state index contributed by atoms with van der Waals surface area (Å²) >= 11 is 5.35. The van der Waals surface area contributed by atoms with E-state index >= 15 is 0 Å². The van der Waals surface area contributed by atoms with Crippen LogP contribution in [0.3, 0.4) is 0 Å². The van der Waals surface area contributed by atoms with Gasteiger partial charge in [0.25, 0.3) is 0 Å². The van der Waals surface area contributed by atoms with Crippen molar-refractivity contribution in [1.82, 2.24) is 9.97 Å². The molecule has 1 aliphatic carbocycles. The van der Waals surface area contributed by atoms with Gasteiger partial charge < -0.3 is 4.98 Å². The van der Waals surface area contributed by atoms with Crippen LogP contribution in [0.15, 0.2) is 12.4 Å². The van der Waals surface area contributed by atoms with Gasteiger partial charge in [-0.25, -0.2) is 4.98 Å². The van der Waals surface area contributed by atoms with Crippen molar-refractivity contribution in [2.45, 2.75) is 46.0 Å². The number of nitrogens with zero attached hydrogens (tertiary/aromatic N) is 1. The number of rotatable bonds is 2. The third-order valence-electron chi connectivity index (χ3n) is 3.46. The van der Waals surface area contributed by atoms with Crippen LogP contribution in [0.1, 0.15) is 57.2 Å². The number of aromatic amines is 1. The highest BCUT2D eigenvalue weighted by Crippen LogP contribution is 2.32. The number of hydrogen-bond acceptors (Lipinski definition) is 2. The molecule has 2 rings (SSSR count). The molecule has 3 heteroatoms. The Hall–Kier alpha value is -0.960. The predicted octanol–water partition coefficient (Wildman–Crippen LogP) is 4.47. The molecule has 92 valence electrons. The van der Waals surface area contributed by atoms with Crippen LogP contribution in [-0.4, -0.2) is 9.97 Å². The molecular weight excluding hydrogens is 228 g/mol. The highest BCUT2D eigenvalue weighted by atomic mass is 32.1. The maximum atomic E-state index is 5.35.